The molecule has 1 N–H and O–H groups in total. The van der Waals surface area contributed by atoms with E-state index in [1.807, 2.05) is 0 Å². The van der Waals surface area contributed by atoms with E-state index in [2.05, 4.69) is 0 Å². The van der Waals surface area contributed by atoms with Crippen molar-refractivity contribution < 1.29 is 19.1 Å². The van der Waals surface area contributed by atoms with Gasteiger partial charge >= 0.3 is 0 Å². The van der Waals surface area contributed by atoms with E-state index in [0.717, 1.165) is 19.3 Å². The molecule has 0 saturated carbocycles. The molecule has 2 fully saturated rings. The quantitative estimate of drug-likeness (QED) is 0.890. The van der Waals surface area contributed by atoms with Crippen LogP contribution in [0.25, 0.3) is 0 Å². The lowest BCUT2D eigenvalue weighted by Crippen LogP contribution is -2.52. The molecule has 2 aliphatic rings. The number of nitrogens with zero attached hydrogens (tertiary/aromatic N) is 2. The fourth-order valence-electron chi connectivity index (χ4n) is 3.88. The zero-order valence-electron chi connectivity index (χ0n) is 14.0. The van der Waals surface area contributed by atoms with Crippen LogP contribution in [0.1, 0.15) is 36.0 Å². The maximum absolute atomic E-state index is 13.5. The van der Waals surface area contributed by atoms with Crippen molar-refractivity contribution in [1.82, 2.24) is 9.80 Å². The molecule has 3 rings (SSSR count). The minimum atomic E-state index is -0.519. The molecule has 0 radical (unpaired) electrons. The Morgan fingerprint density at radius 2 is 1.96 bits per heavy atom. The van der Waals surface area contributed by atoms with Crippen molar-refractivity contribution in [1.29, 1.82) is 0 Å². The number of hydrogen-bond acceptors (Lipinski definition) is 3. The first-order chi connectivity index (χ1) is 11.9. The van der Waals surface area contributed by atoms with E-state index in [1.165, 1.54) is 18.2 Å². The SMILES string of the molecule is O=C1CCC2(CCN(C(=O)c3cc(F)cc(Cl)c3)CC2)CN1CCO. The average Bonchev–Trinajstić information content (AvgIpc) is 2.58. The van der Waals surface area contributed by atoms with Crippen molar-refractivity contribution in [3.05, 3.63) is 34.6 Å². The zero-order chi connectivity index (χ0) is 18.0. The molecular weight excluding hydrogens is 347 g/mol. The molecule has 0 aromatic heterocycles. The average molecular weight is 369 g/mol. The highest BCUT2D eigenvalue weighted by atomic mass is 35.5. The van der Waals surface area contributed by atoms with Crippen molar-refractivity contribution in [2.45, 2.75) is 25.7 Å². The van der Waals surface area contributed by atoms with Crippen LogP contribution in [-0.4, -0.2) is 59.5 Å². The first-order valence-electron chi connectivity index (χ1n) is 8.56. The molecule has 0 atom stereocenters. The minimum absolute atomic E-state index is 0.0133. The Labute approximate surface area is 151 Å². The van der Waals surface area contributed by atoms with Gasteiger partial charge in [0.1, 0.15) is 5.82 Å². The van der Waals surface area contributed by atoms with Crippen LogP contribution in [0.5, 0.6) is 0 Å². The number of carbonyl (C=O) groups is 2. The van der Waals surface area contributed by atoms with Crippen molar-refractivity contribution in [3.8, 4) is 0 Å². The summed E-state index contributed by atoms with van der Waals surface area (Å²) >= 11 is 5.84. The molecule has 2 saturated heterocycles. The van der Waals surface area contributed by atoms with Crippen LogP contribution in [0.3, 0.4) is 0 Å². The van der Waals surface area contributed by atoms with Crippen LogP contribution in [0.2, 0.25) is 5.02 Å². The van der Waals surface area contributed by atoms with Gasteiger partial charge in [0, 0.05) is 43.2 Å². The van der Waals surface area contributed by atoms with Crippen molar-refractivity contribution in [3.63, 3.8) is 0 Å². The summed E-state index contributed by atoms with van der Waals surface area (Å²) in [7, 11) is 0. The second-order valence-electron chi connectivity index (χ2n) is 6.99. The number of likely N-dealkylation sites (tertiary alicyclic amines) is 2. The highest BCUT2D eigenvalue weighted by Crippen LogP contribution is 2.40. The number of benzene rings is 1. The second-order valence-corrected chi connectivity index (χ2v) is 7.43. The molecule has 2 heterocycles. The third-order valence-electron chi connectivity index (χ3n) is 5.34. The van der Waals surface area contributed by atoms with Crippen molar-refractivity contribution in [2.75, 3.05) is 32.8 Å². The Morgan fingerprint density at radius 3 is 2.60 bits per heavy atom. The van der Waals surface area contributed by atoms with E-state index in [0.29, 0.717) is 32.6 Å². The summed E-state index contributed by atoms with van der Waals surface area (Å²) in [5.74, 6) is -0.641. The number of rotatable bonds is 3. The number of β-amino-alcohol motifs (C(OH)–C–C–N with tert-alkyl or cyclic N) is 1. The molecule has 1 aromatic carbocycles. The van der Waals surface area contributed by atoms with Crippen LogP contribution in [0.15, 0.2) is 18.2 Å². The predicted molar refractivity (Wildman–Crippen MR) is 91.9 cm³/mol. The van der Waals surface area contributed by atoms with E-state index >= 15 is 0 Å². The zero-order valence-corrected chi connectivity index (χ0v) is 14.8. The predicted octanol–water partition coefficient (Wildman–Crippen LogP) is 2.32. The Hall–Kier alpha value is -1.66. The molecule has 25 heavy (non-hydrogen) atoms. The Kier molecular flexibility index (Phi) is 5.29. The molecule has 0 unspecified atom stereocenters. The largest absolute Gasteiger partial charge is 0.395 e. The van der Waals surface area contributed by atoms with E-state index in [4.69, 9.17) is 16.7 Å². The van der Waals surface area contributed by atoms with Gasteiger partial charge in [0.2, 0.25) is 5.91 Å². The Balaban J connectivity index is 1.65. The van der Waals surface area contributed by atoms with Gasteiger partial charge in [-0.05, 0) is 42.9 Å². The number of piperidine rings is 2. The molecule has 5 nitrogen and oxygen atoms in total. The minimum Gasteiger partial charge on any atom is -0.395 e. The monoisotopic (exact) mass is 368 g/mol. The van der Waals surface area contributed by atoms with E-state index in [1.54, 1.807) is 9.80 Å². The molecule has 2 aliphatic heterocycles. The van der Waals surface area contributed by atoms with Crippen LogP contribution >= 0.6 is 11.6 Å². The number of hydrogen-bond donors (Lipinski definition) is 1. The van der Waals surface area contributed by atoms with E-state index < -0.39 is 5.82 Å². The van der Waals surface area contributed by atoms with Gasteiger partial charge in [-0.2, -0.15) is 0 Å². The number of aliphatic hydroxyl groups is 1. The third kappa shape index (κ3) is 3.96. The number of amides is 2. The summed E-state index contributed by atoms with van der Waals surface area (Å²) in [4.78, 5) is 28.0. The van der Waals surface area contributed by atoms with E-state index in [-0.39, 0.29) is 34.4 Å². The topological polar surface area (TPSA) is 60.9 Å². The summed E-state index contributed by atoms with van der Waals surface area (Å²) in [6.45, 7) is 2.13. The van der Waals surface area contributed by atoms with Gasteiger partial charge in [-0.3, -0.25) is 9.59 Å². The molecule has 136 valence electrons. The third-order valence-corrected chi connectivity index (χ3v) is 5.56. The lowest BCUT2D eigenvalue weighted by Gasteiger charge is -2.47. The van der Waals surface area contributed by atoms with Gasteiger partial charge in [-0.1, -0.05) is 11.6 Å². The van der Waals surface area contributed by atoms with Gasteiger partial charge in [0.25, 0.3) is 5.91 Å². The van der Waals surface area contributed by atoms with Crippen LogP contribution in [-0.2, 0) is 4.79 Å². The van der Waals surface area contributed by atoms with Crippen molar-refractivity contribution in [2.24, 2.45) is 5.41 Å². The van der Waals surface area contributed by atoms with Gasteiger partial charge in [-0.25, -0.2) is 4.39 Å². The van der Waals surface area contributed by atoms with Crippen LogP contribution < -0.4 is 0 Å². The summed E-state index contributed by atoms with van der Waals surface area (Å²) in [6, 6.07) is 3.87. The molecule has 2 amide bonds. The summed E-state index contributed by atoms with van der Waals surface area (Å²) in [5.41, 5.74) is 0.279. The lowest BCUT2D eigenvalue weighted by molar-refractivity contribution is -0.139. The Morgan fingerprint density at radius 1 is 1.24 bits per heavy atom. The maximum atomic E-state index is 13.5. The number of halogens is 2. The molecule has 0 bridgehead atoms. The normalized spacial score (nSPS) is 20.2. The lowest BCUT2D eigenvalue weighted by atomic mass is 9.72. The Bertz CT molecular complexity index is 654. The van der Waals surface area contributed by atoms with E-state index in [9.17, 15) is 14.0 Å². The molecular formula is C18H22ClFN2O3. The van der Waals surface area contributed by atoms with Gasteiger partial charge in [-0.15, -0.1) is 0 Å². The number of carbonyl (C=O) groups excluding carboxylic acids is 2. The first kappa shape index (κ1) is 18.1. The highest BCUT2D eigenvalue weighted by Gasteiger charge is 2.41. The highest BCUT2D eigenvalue weighted by molar-refractivity contribution is 6.31. The van der Waals surface area contributed by atoms with Gasteiger partial charge < -0.3 is 14.9 Å². The summed E-state index contributed by atoms with van der Waals surface area (Å²) in [6.07, 6.45) is 2.92. The molecule has 7 heteroatoms. The fourth-order valence-corrected chi connectivity index (χ4v) is 4.10. The van der Waals surface area contributed by atoms with Gasteiger partial charge in [0.05, 0.1) is 6.61 Å². The smallest absolute Gasteiger partial charge is 0.254 e. The fraction of sp³-hybridized carbons (Fsp3) is 0.556. The summed E-state index contributed by atoms with van der Waals surface area (Å²) < 4.78 is 13.5. The van der Waals surface area contributed by atoms with Crippen molar-refractivity contribution >= 4 is 23.4 Å². The first-order valence-corrected chi connectivity index (χ1v) is 8.94. The summed E-state index contributed by atoms with van der Waals surface area (Å²) in [5, 5.41) is 9.33. The maximum Gasteiger partial charge on any atom is 0.254 e. The standard InChI is InChI=1S/C18H22ClFN2O3/c19-14-9-13(10-15(20)11-14)17(25)21-5-3-18(4-6-21)2-1-16(24)22(12-18)7-8-23/h9-11,23H,1-8,12H2. The second kappa shape index (κ2) is 7.30. The van der Waals surface area contributed by atoms with Gasteiger partial charge in [0.15, 0.2) is 0 Å². The van der Waals surface area contributed by atoms with Crippen LogP contribution in [0.4, 0.5) is 4.39 Å². The molecule has 1 spiro atoms. The molecule has 0 aliphatic carbocycles. The molecule has 1 aromatic rings. The van der Waals surface area contributed by atoms with Crippen LogP contribution in [0, 0.1) is 11.2 Å². The number of aliphatic hydroxyl groups excluding tert-OH is 1.